The number of anilines is 1. The smallest absolute Gasteiger partial charge is 0.244 e. The molecule has 25 heavy (non-hydrogen) atoms. The van der Waals surface area contributed by atoms with E-state index in [9.17, 15) is 14.0 Å². The minimum absolute atomic E-state index is 0.0125. The van der Waals surface area contributed by atoms with Crippen LogP contribution in [0.4, 0.5) is 10.1 Å². The van der Waals surface area contributed by atoms with Gasteiger partial charge >= 0.3 is 0 Å². The van der Waals surface area contributed by atoms with Crippen molar-refractivity contribution in [3.63, 3.8) is 0 Å². The number of rotatable bonds is 6. The van der Waals surface area contributed by atoms with Crippen LogP contribution in [-0.2, 0) is 16.0 Å². The monoisotopic (exact) mass is 361 g/mol. The molecule has 0 atom stereocenters. The Hall–Kier alpha value is -2.73. The van der Waals surface area contributed by atoms with Crippen molar-refractivity contribution in [3.8, 4) is 0 Å². The first kappa shape index (κ1) is 18.6. The molecule has 2 amide bonds. The summed E-state index contributed by atoms with van der Waals surface area (Å²) in [6, 6.07) is 12.4. The number of carbonyl (C=O) groups excluding carboxylic acids is 2. The zero-order valence-electron chi connectivity index (χ0n) is 13.6. The third kappa shape index (κ3) is 6.73. The molecular weight excluding hydrogens is 345 g/mol. The SMILES string of the molecule is CC(CC(=O)Nc1ccc(F)cc1)=NNC(=O)Cc1ccc(Cl)cc1. The Balaban J connectivity index is 1.79. The average Bonchev–Trinajstić information content (AvgIpc) is 2.57. The van der Waals surface area contributed by atoms with Gasteiger partial charge in [-0.25, -0.2) is 9.82 Å². The van der Waals surface area contributed by atoms with Gasteiger partial charge in [0, 0.05) is 16.4 Å². The van der Waals surface area contributed by atoms with Crippen LogP contribution in [-0.4, -0.2) is 17.5 Å². The molecule has 2 aromatic carbocycles. The van der Waals surface area contributed by atoms with Crippen LogP contribution in [0.1, 0.15) is 18.9 Å². The van der Waals surface area contributed by atoms with Crippen molar-refractivity contribution in [2.24, 2.45) is 5.10 Å². The van der Waals surface area contributed by atoms with Gasteiger partial charge in [-0.3, -0.25) is 9.59 Å². The highest BCUT2D eigenvalue weighted by atomic mass is 35.5. The topological polar surface area (TPSA) is 70.6 Å². The average molecular weight is 362 g/mol. The molecule has 0 aliphatic heterocycles. The Labute approximate surface area is 149 Å². The molecule has 7 heteroatoms. The first-order valence-electron chi connectivity index (χ1n) is 7.54. The molecule has 130 valence electrons. The molecule has 0 aromatic heterocycles. The number of hydrogen-bond donors (Lipinski definition) is 2. The Morgan fingerprint density at radius 1 is 1.04 bits per heavy atom. The summed E-state index contributed by atoms with van der Waals surface area (Å²) < 4.78 is 12.8. The van der Waals surface area contributed by atoms with E-state index in [2.05, 4.69) is 15.8 Å². The number of carbonyl (C=O) groups is 2. The fourth-order valence-electron chi connectivity index (χ4n) is 2.00. The van der Waals surface area contributed by atoms with E-state index in [-0.39, 0.29) is 30.5 Å². The Morgan fingerprint density at radius 3 is 2.32 bits per heavy atom. The molecule has 5 nitrogen and oxygen atoms in total. The van der Waals surface area contributed by atoms with E-state index >= 15 is 0 Å². The maximum atomic E-state index is 12.8. The maximum Gasteiger partial charge on any atom is 0.244 e. The zero-order valence-corrected chi connectivity index (χ0v) is 14.3. The summed E-state index contributed by atoms with van der Waals surface area (Å²) in [7, 11) is 0. The van der Waals surface area contributed by atoms with Gasteiger partial charge in [0.2, 0.25) is 11.8 Å². The highest BCUT2D eigenvalue weighted by molar-refractivity contribution is 6.30. The number of hydrazone groups is 1. The third-order valence-electron chi connectivity index (χ3n) is 3.19. The molecule has 0 radical (unpaired) electrons. The first-order valence-corrected chi connectivity index (χ1v) is 7.92. The number of hydrogen-bond acceptors (Lipinski definition) is 3. The van der Waals surface area contributed by atoms with Crippen molar-refractivity contribution < 1.29 is 14.0 Å². The lowest BCUT2D eigenvalue weighted by molar-refractivity contribution is -0.120. The van der Waals surface area contributed by atoms with Crippen LogP contribution in [0.5, 0.6) is 0 Å². The quantitative estimate of drug-likeness (QED) is 0.610. The van der Waals surface area contributed by atoms with Crippen LogP contribution < -0.4 is 10.7 Å². The summed E-state index contributed by atoms with van der Waals surface area (Å²) >= 11 is 5.79. The number of amides is 2. The summed E-state index contributed by atoms with van der Waals surface area (Å²) in [6.45, 7) is 1.63. The van der Waals surface area contributed by atoms with Crippen molar-refractivity contribution in [2.45, 2.75) is 19.8 Å². The molecule has 0 bridgehead atoms. The van der Waals surface area contributed by atoms with Crippen LogP contribution in [0, 0.1) is 5.82 Å². The molecule has 2 aromatic rings. The lowest BCUT2D eigenvalue weighted by Crippen LogP contribution is -2.22. The maximum absolute atomic E-state index is 12.8. The standard InChI is InChI=1S/C18H17ClFN3O2/c1-12(10-17(24)21-16-8-6-15(20)7-9-16)22-23-18(25)11-13-2-4-14(19)5-3-13/h2-9H,10-11H2,1H3,(H,21,24)(H,23,25). The van der Waals surface area contributed by atoms with Crippen molar-refractivity contribution in [1.82, 2.24) is 5.43 Å². The van der Waals surface area contributed by atoms with E-state index in [0.717, 1.165) is 5.56 Å². The summed E-state index contributed by atoms with van der Waals surface area (Å²) in [5, 5.41) is 7.13. The lowest BCUT2D eigenvalue weighted by atomic mass is 10.1. The lowest BCUT2D eigenvalue weighted by Gasteiger charge is -2.05. The Bertz CT molecular complexity index is 774. The van der Waals surface area contributed by atoms with Crippen LogP contribution in [0.3, 0.4) is 0 Å². The first-order chi connectivity index (χ1) is 11.9. The molecule has 2 rings (SSSR count). The van der Waals surface area contributed by atoms with Gasteiger partial charge in [-0.15, -0.1) is 0 Å². The van der Waals surface area contributed by atoms with Crippen LogP contribution in [0.2, 0.25) is 5.02 Å². The van der Waals surface area contributed by atoms with E-state index < -0.39 is 0 Å². The van der Waals surface area contributed by atoms with Crippen molar-refractivity contribution in [3.05, 3.63) is 64.9 Å². The van der Waals surface area contributed by atoms with Crippen LogP contribution in [0.15, 0.2) is 53.6 Å². The minimum Gasteiger partial charge on any atom is -0.326 e. The zero-order chi connectivity index (χ0) is 18.2. The van der Waals surface area contributed by atoms with Gasteiger partial charge < -0.3 is 5.32 Å². The van der Waals surface area contributed by atoms with Crippen LogP contribution in [0.25, 0.3) is 0 Å². The largest absolute Gasteiger partial charge is 0.326 e. The number of benzene rings is 2. The molecule has 0 unspecified atom stereocenters. The normalized spacial score (nSPS) is 11.1. The molecule has 0 spiro atoms. The van der Waals surface area contributed by atoms with Gasteiger partial charge in [-0.1, -0.05) is 23.7 Å². The molecule has 0 aliphatic carbocycles. The number of nitrogens with one attached hydrogen (secondary N) is 2. The predicted molar refractivity (Wildman–Crippen MR) is 96.1 cm³/mol. The van der Waals surface area contributed by atoms with Crippen molar-refractivity contribution >= 4 is 34.8 Å². The number of halogens is 2. The van der Waals surface area contributed by atoms with Crippen molar-refractivity contribution in [2.75, 3.05) is 5.32 Å². The van der Waals surface area contributed by atoms with Crippen LogP contribution >= 0.6 is 11.6 Å². The summed E-state index contributed by atoms with van der Waals surface area (Å²) in [6.07, 6.45) is 0.175. The van der Waals surface area contributed by atoms with Gasteiger partial charge in [0.15, 0.2) is 0 Å². The second-order valence-electron chi connectivity index (χ2n) is 5.42. The number of nitrogens with zero attached hydrogens (tertiary/aromatic N) is 1. The second-order valence-corrected chi connectivity index (χ2v) is 5.85. The van der Waals surface area contributed by atoms with Gasteiger partial charge in [-0.05, 0) is 48.9 Å². The fourth-order valence-corrected chi connectivity index (χ4v) is 2.12. The van der Waals surface area contributed by atoms with E-state index in [1.807, 2.05) is 0 Å². The Morgan fingerprint density at radius 2 is 1.68 bits per heavy atom. The molecule has 0 saturated carbocycles. The fraction of sp³-hybridized carbons (Fsp3) is 0.167. The Kier molecular flexibility index (Phi) is 6.65. The predicted octanol–water partition coefficient (Wildman–Crippen LogP) is 3.54. The van der Waals surface area contributed by atoms with E-state index in [4.69, 9.17) is 11.6 Å². The molecule has 0 heterocycles. The summed E-state index contributed by atoms with van der Waals surface area (Å²) in [4.78, 5) is 23.7. The van der Waals surface area contributed by atoms with E-state index in [0.29, 0.717) is 16.4 Å². The molecular formula is C18H17ClFN3O2. The summed E-state index contributed by atoms with van der Waals surface area (Å²) in [5.74, 6) is -0.973. The summed E-state index contributed by atoms with van der Waals surface area (Å²) in [5.41, 5.74) is 4.16. The van der Waals surface area contributed by atoms with Gasteiger partial charge in [0.25, 0.3) is 0 Å². The second kappa shape index (κ2) is 8.94. The highest BCUT2D eigenvalue weighted by Gasteiger charge is 2.06. The van der Waals surface area contributed by atoms with E-state index in [1.165, 1.54) is 24.3 Å². The highest BCUT2D eigenvalue weighted by Crippen LogP contribution is 2.10. The third-order valence-corrected chi connectivity index (χ3v) is 3.45. The van der Waals surface area contributed by atoms with Gasteiger partial charge in [0.05, 0.1) is 12.8 Å². The minimum atomic E-state index is -0.376. The van der Waals surface area contributed by atoms with Gasteiger partial charge in [-0.2, -0.15) is 5.10 Å². The molecule has 0 aliphatic rings. The molecule has 0 fully saturated rings. The molecule has 2 N–H and O–H groups in total. The molecule has 0 saturated heterocycles. The van der Waals surface area contributed by atoms with Gasteiger partial charge in [0.1, 0.15) is 5.82 Å². The van der Waals surface area contributed by atoms with Crippen molar-refractivity contribution in [1.29, 1.82) is 0 Å². The van der Waals surface area contributed by atoms with E-state index in [1.54, 1.807) is 31.2 Å².